The maximum Gasteiger partial charge on any atom is 0.522 e. The van der Waals surface area contributed by atoms with Crippen LogP contribution in [0.15, 0.2) is 64.7 Å². The van der Waals surface area contributed by atoms with Gasteiger partial charge in [0, 0.05) is 23.5 Å². The van der Waals surface area contributed by atoms with Crippen LogP contribution in [0.1, 0.15) is 5.56 Å². The molecule has 11 heteroatoms. The minimum atomic E-state index is -5.84. The van der Waals surface area contributed by atoms with Crippen molar-refractivity contribution in [3.05, 3.63) is 70.3 Å². The Balaban J connectivity index is 0.000000275. The Bertz CT molecular complexity index is 1230. The van der Waals surface area contributed by atoms with E-state index in [1.54, 1.807) is 11.8 Å². The van der Waals surface area contributed by atoms with Crippen LogP contribution in [0.4, 0.5) is 18.9 Å². The zero-order valence-corrected chi connectivity index (χ0v) is 17.6. The highest BCUT2D eigenvalue weighted by molar-refractivity contribution is 8.03. The van der Waals surface area contributed by atoms with E-state index in [1.807, 2.05) is 24.4 Å². The second kappa shape index (κ2) is 8.46. The molecule has 2 heterocycles. The van der Waals surface area contributed by atoms with Crippen molar-refractivity contribution < 1.29 is 26.1 Å². The minimum absolute atomic E-state index is 0.688. The Morgan fingerprint density at radius 2 is 1.80 bits per heavy atom. The Morgan fingerprint density at radius 3 is 2.43 bits per heavy atom. The molecule has 0 bridgehead atoms. The average Bonchev–Trinajstić information content (AvgIpc) is 2.98. The summed E-state index contributed by atoms with van der Waals surface area (Å²) in [5, 5.41) is 2.97. The Hall–Kier alpha value is -2.27. The van der Waals surface area contributed by atoms with Gasteiger partial charge < -0.3 is 4.90 Å². The number of hydrogen-bond donors (Lipinski definition) is 1. The highest BCUT2D eigenvalue weighted by atomic mass is 35.5. The predicted molar refractivity (Wildman–Crippen MR) is 113 cm³/mol. The summed E-state index contributed by atoms with van der Waals surface area (Å²) < 4.78 is 57.5. The molecule has 1 N–H and O–H groups in total. The topological polar surface area (TPSA) is 70.5 Å². The number of anilines is 1. The molecule has 0 radical (unpaired) electrons. The van der Waals surface area contributed by atoms with E-state index < -0.39 is 15.6 Å². The van der Waals surface area contributed by atoms with Gasteiger partial charge in [-0.1, -0.05) is 47.6 Å². The third-order valence-corrected chi connectivity index (χ3v) is 6.15. The standard InChI is InChI=1S/C18H13ClN2S.CHF3O3S/c1-21-15-7-2-3-8-16(15)22-17(21)11-12-9-10-20-18-13(12)5-4-6-14(18)19;2-1(3,4)8(5,6)7/h2-11H,1H3;(H,5,6,7)/b17-11-;. The molecule has 0 fully saturated rings. The van der Waals surface area contributed by atoms with Gasteiger partial charge in [-0.25, -0.2) is 0 Å². The van der Waals surface area contributed by atoms with Crippen molar-refractivity contribution in [3.8, 4) is 0 Å². The number of para-hydroxylation sites is 2. The highest BCUT2D eigenvalue weighted by Gasteiger charge is 2.44. The number of hydrogen-bond acceptors (Lipinski definition) is 5. The SMILES string of the molecule is CN1/C(=C/c2ccnc3c(Cl)cccc23)Sc2ccccc21.O=S(=O)(O)C(F)(F)F. The monoisotopic (exact) mass is 474 g/mol. The van der Waals surface area contributed by atoms with Crippen LogP contribution >= 0.6 is 23.4 Å². The van der Waals surface area contributed by atoms with Crippen LogP contribution in [-0.2, 0) is 10.1 Å². The fourth-order valence-electron chi connectivity index (χ4n) is 2.67. The van der Waals surface area contributed by atoms with Gasteiger partial charge in [0.2, 0.25) is 0 Å². The molecule has 3 aromatic rings. The predicted octanol–water partition coefficient (Wildman–Crippen LogP) is 5.82. The van der Waals surface area contributed by atoms with Crippen molar-refractivity contribution in [1.82, 2.24) is 4.98 Å². The number of benzene rings is 2. The van der Waals surface area contributed by atoms with Gasteiger partial charge in [0.15, 0.2) is 0 Å². The van der Waals surface area contributed by atoms with E-state index >= 15 is 0 Å². The van der Waals surface area contributed by atoms with Gasteiger partial charge in [0.25, 0.3) is 0 Å². The summed E-state index contributed by atoms with van der Waals surface area (Å²) in [6, 6.07) is 16.4. The molecular weight excluding hydrogens is 461 g/mol. The third-order valence-electron chi connectivity index (χ3n) is 4.10. The number of aromatic nitrogens is 1. The molecule has 4 rings (SSSR count). The Labute approximate surface area is 179 Å². The summed E-state index contributed by atoms with van der Waals surface area (Å²) in [4.78, 5) is 7.90. The van der Waals surface area contributed by atoms with Crippen LogP contribution < -0.4 is 4.90 Å². The maximum atomic E-state index is 10.7. The lowest BCUT2D eigenvalue weighted by Crippen LogP contribution is -2.21. The lowest BCUT2D eigenvalue weighted by Gasteiger charge is -2.13. The molecule has 0 amide bonds. The molecule has 158 valence electrons. The molecule has 0 saturated heterocycles. The summed E-state index contributed by atoms with van der Waals surface area (Å²) in [5.74, 6) is 0. The molecule has 30 heavy (non-hydrogen) atoms. The van der Waals surface area contributed by atoms with Gasteiger partial charge in [0.1, 0.15) is 0 Å². The van der Waals surface area contributed by atoms with E-state index in [9.17, 15) is 13.2 Å². The molecule has 1 aromatic heterocycles. The van der Waals surface area contributed by atoms with Crippen molar-refractivity contribution in [2.45, 2.75) is 10.4 Å². The molecule has 2 aromatic carbocycles. The van der Waals surface area contributed by atoms with Gasteiger partial charge in [-0.3, -0.25) is 9.54 Å². The van der Waals surface area contributed by atoms with Crippen LogP contribution in [-0.4, -0.2) is 30.5 Å². The molecular formula is C19H14ClF3N2O3S2. The molecule has 0 unspecified atom stereocenters. The molecule has 1 aliphatic heterocycles. The molecule has 0 atom stereocenters. The first-order valence-electron chi connectivity index (χ1n) is 8.28. The number of fused-ring (bicyclic) bond motifs is 2. The number of rotatable bonds is 1. The fourth-order valence-corrected chi connectivity index (χ4v) is 3.99. The van der Waals surface area contributed by atoms with Crippen molar-refractivity contribution in [1.29, 1.82) is 0 Å². The average molecular weight is 475 g/mol. The molecule has 5 nitrogen and oxygen atoms in total. The van der Waals surface area contributed by atoms with Crippen LogP contribution in [0.3, 0.4) is 0 Å². The van der Waals surface area contributed by atoms with Gasteiger partial charge in [0.05, 0.1) is 21.3 Å². The fraction of sp³-hybridized carbons (Fsp3) is 0.105. The van der Waals surface area contributed by atoms with Gasteiger partial charge in [-0.2, -0.15) is 21.6 Å². The number of thioether (sulfide) groups is 1. The number of alkyl halides is 3. The molecule has 0 spiro atoms. The number of pyridine rings is 1. The van der Waals surface area contributed by atoms with E-state index in [1.165, 1.54) is 15.6 Å². The zero-order chi connectivity index (χ0) is 22.1. The summed E-state index contributed by atoms with van der Waals surface area (Å²) in [6.07, 6.45) is 4.01. The van der Waals surface area contributed by atoms with Gasteiger partial charge >= 0.3 is 15.6 Å². The van der Waals surface area contributed by atoms with Crippen LogP contribution in [0.5, 0.6) is 0 Å². The van der Waals surface area contributed by atoms with Crippen molar-refractivity contribution >= 4 is 56.1 Å². The molecule has 0 saturated carbocycles. The normalized spacial score (nSPS) is 15.1. The second-order valence-corrected chi connectivity index (χ2v) is 8.95. The summed E-state index contributed by atoms with van der Waals surface area (Å²) >= 11 is 8.03. The van der Waals surface area contributed by atoms with Gasteiger partial charge in [-0.15, -0.1) is 0 Å². The first-order valence-corrected chi connectivity index (χ1v) is 10.9. The quantitative estimate of drug-likeness (QED) is 0.354. The summed E-state index contributed by atoms with van der Waals surface area (Å²) in [5.41, 5.74) is -2.31. The van der Waals surface area contributed by atoms with Gasteiger partial charge in [-0.05, 0) is 35.9 Å². The van der Waals surface area contributed by atoms with Crippen LogP contribution in [0, 0.1) is 0 Å². The van der Waals surface area contributed by atoms with E-state index in [4.69, 9.17) is 24.6 Å². The van der Waals surface area contributed by atoms with Crippen molar-refractivity contribution in [2.24, 2.45) is 0 Å². The Morgan fingerprint density at radius 1 is 1.13 bits per heavy atom. The summed E-state index contributed by atoms with van der Waals surface area (Å²) in [6.45, 7) is 0. The van der Waals surface area contributed by atoms with Crippen molar-refractivity contribution in [2.75, 3.05) is 11.9 Å². The minimum Gasteiger partial charge on any atom is -0.338 e. The largest absolute Gasteiger partial charge is 0.522 e. The summed E-state index contributed by atoms with van der Waals surface area (Å²) in [7, 11) is -3.74. The lowest BCUT2D eigenvalue weighted by molar-refractivity contribution is -0.0510. The lowest BCUT2D eigenvalue weighted by atomic mass is 10.1. The first-order chi connectivity index (χ1) is 14.0. The molecule has 0 aliphatic carbocycles. The number of halogens is 4. The third kappa shape index (κ3) is 4.72. The van der Waals surface area contributed by atoms with Crippen LogP contribution in [0.25, 0.3) is 17.0 Å². The second-order valence-electron chi connectivity index (χ2n) is 6.07. The highest BCUT2D eigenvalue weighted by Crippen LogP contribution is 2.45. The van der Waals surface area contributed by atoms with E-state index in [-0.39, 0.29) is 0 Å². The Kier molecular flexibility index (Phi) is 6.32. The van der Waals surface area contributed by atoms with Crippen LogP contribution in [0.2, 0.25) is 5.02 Å². The first kappa shape index (κ1) is 22.4. The van der Waals surface area contributed by atoms with E-state index in [0.717, 1.165) is 16.5 Å². The van der Waals surface area contributed by atoms with Crippen molar-refractivity contribution in [3.63, 3.8) is 0 Å². The smallest absolute Gasteiger partial charge is 0.338 e. The van der Waals surface area contributed by atoms with E-state index in [0.29, 0.717) is 5.02 Å². The maximum absolute atomic E-state index is 10.7. The van der Waals surface area contributed by atoms with E-state index in [2.05, 4.69) is 53.3 Å². The number of nitrogens with zero attached hydrogens (tertiary/aromatic N) is 2. The zero-order valence-electron chi connectivity index (χ0n) is 15.3. The molecule has 1 aliphatic rings.